The first kappa shape index (κ1) is 12.0. The summed E-state index contributed by atoms with van der Waals surface area (Å²) in [6, 6.07) is 0. The standard InChI is InChI=1S/C9H13ClN2O3/c1-3-15-8(9(13)14)5-12-6(2)7(10)4-11-12/h4,8H,3,5H2,1-2H3,(H,13,14). The molecule has 1 N–H and O–H groups in total. The summed E-state index contributed by atoms with van der Waals surface area (Å²) in [6.07, 6.45) is 0.603. The van der Waals surface area contributed by atoms with Crippen LogP contribution in [-0.4, -0.2) is 33.6 Å². The van der Waals surface area contributed by atoms with E-state index in [0.29, 0.717) is 11.6 Å². The number of carboxylic acids is 1. The van der Waals surface area contributed by atoms with Crippen molar-refractivity contribution in [3.63, 3.8) is 0 Å². The van der Waals surface area contributed by atoms with E-state index in [1.807, 2.05) is 0 Å². The molecule has 1 aromatic heterocycles. The van der Waals surface area contributed by atoms with Crippen LogP contribution in [0, 0.1) is 6.92 Å². The smallest absolute Gasteiger partial charge is 0.334 e. The van der Waals surface area contributed by atoms with Gasteiger partial charge in [0.2, 0.25) is 0 Å². The minimum Gasteiger partial charge on any atom is -0.479 e. The van der Waals surface area contributed by atoms with Crippen LogP contribution in [0.4, 0.5) is 0 Å². The molecule has 0 radical (unpaired) electrons. The molecule has 0 saturated carbocycles. The number of rotatable bonds is 5. The molecular weight excluding hydrogens is 220 g/mol. The van der Waals surface area contributed by atoms with Gasteiger partial charge in [0.1, 0.15) is 0 Å². The third kappa shape index (κ3) is 2.94. The highest BCUT2D eigenvalue weighted by atomic mass is 35.5. The van der Waals surface area contributed by atoms with Gasteiger partial charge in [-0.05, 0) is 13.8 Å². The topological polar surface area (TPSA) is 64.4 Å². The van der Waals surface area contributed by atoms with E-state index in [4.69, 9.17) is 21.4 Å². The van der Waals surface area contributed by atoms with E-state index in [1.165, 1.54) is 10.9 Å². The maximum absolute atomic E-state index is 10.8. The second-order valence-electron chi connectivity index (χ2n) is 3.04. The molecule has 5 nitrogen and oxygen atoms in total. The fourth-order valence-electron chi connectivity index (χ4n) is 1.17. The van der Waals surface area contributed by atoms with Gasteiger partial charge in [-0.3, -0.25) is 4.68 Å². The van der Waals surface area contributed by atoms with E-state index in [2.05, 4.69) is 5.10 Å². The van der Waals surface area contributed by atoms with Gasteiger partial charge < -0.3 is 9.84 Å². The highest BCUT2D eigenvalue weighted by Gasteiger charge is 2.19. The van der Waals surface area contributed by atoms with Crippen LogP contribution < -0.4 is 0 Å². The highest BCUT2D eigenvalue weighted by molar-refractivity contribution is 6.31. The normalized spacial score (nSPS) is 12.7. The molecule has 84 valence electrons. The molecule has 0 aromatic carbocycles. The monoisotopic (exact) mass is 232 g/mol. The van der Waals surface area contributed by atoms with E-state index >= 15 is 0 Å². The third-order valence-electron chi connectivity index (χ3n) is 2.03. The van der Waals surface area contributed by atoms with E-state index in [-0.39, 0.29) is 6.54 Å². The molecule has 0 aliphatic rings. The largest absolute Gasteiger partial charge is 0.479 e. The van der Waals surface area contributed by atoms with Gasteiger partial charge in [-0.1, -0.05) is 11.6 Å². The molecule has 1 aromatic rings. The number of ether oxygens (including phenoxy) is 1. The minimum absolute atomic E-state index is 0.168. The van der Waals surface area contributed by atoms with Gasteiger partial charge in [-0.25, -0.2) is 4.79 Å². The van der Waals surface area contributed by atoms with Gasteiger partial charge in [-0.2, -0.15) is 5.10 Å². The molecule has 1 rings (SSSR count). The predicted molar refractivity (Wildman–Crippen MR) is 55.0 cm³/mol. The van der Waals surface area contributed by atoms with Crippen LogP contribution in [0.2, 0.25) is 5.02 Å². The predicted octanol–water partition coefficient (Wildman–Crippen LogP) is 1.33. The Hall–Kier alpha value is -1.07. The van der Waals surface area contributed by atoms with Crippen LogP contribution in [-0.2, 0) is 16.1 Å². The summed E-state index contributed by atoms with van der Waals surface area (Å²) in [5, 5.41) is 13.3. The Kier molecular flexibility index (Phi) is 4.11. The number of nitrogens with zero attached hydrogens (tertiary/aromatic N) is 2. The molecule has 6 heteroatoms. The van der Waals surface area contributed by atoms with E-state index < -0.39 is 12.1 Å². The van der Waals surface area contributed by atoms with E-state index in [9.17, 15) is 4.79 Å². The molecule has 15 heavy (non-hydrogen) atoms. The molecule has 0 aliphatic heterocycles. The fraction of sp³-hybridized carbons (Fsp3) is 0.556. The molecule has 0 bridgehead atoms. The Labute approximate surface area is 92.6 Å². The summed E-state index contributed by atoms with van der Waals surface area (Å²) in [7, 11) is 0. The molecule has 0 amide bonds. The number of halogens is 1. The van der Waals surface area contributed by atoms with Gasteiger partial charge in [-0.15, -0.1) is 0 Å². The fourth-order valence-corrected chi connectivity index (χ4v) is 1.31. The Bertz CT molecular complexity index is 351. The number of aromatic nitrogens is 2. The quantitative estimate of drug-likeness (QED) is 0.832. The van der Waals surface area contributed by atoms with Gasteiger partial charge in [0.25, 0.3) is 0 Å². The minimum atomic E-state index is -0.997. The lowest BCUT2D eigenvalue weighted by atomic mass is 10.3. The van der Waals surface area contributed by atoms with Gasteiger partial charge >= 0.3 is 5.97 Å². The van der Waals surface area contributed by atoms with Crippen molar-refractivity contribution in [3.05, 3.63) is 16.9 Å². The first-order valence-electron chi connectivity index (χ1n) is 4.58. The van der Waals surface area contributed by atoms with Gasteiger partial charge in [0.15, 0.2) is 6.10 Å². The summed E-state index contributed by atoms with van der Waals surface area (Å²) in [5.41, 5.74) is 0.739. The van der Waals surface area contributed by atoms with Crippen molar-refractivity contribution >= 4 is 17.6 Å². The van der Waals surface area contributed by atoms with Crippen molar-refractivity contribution in [2.24, 2.45) is 0 Å². The van der Waals surface area contributed by atoms with Crippen molar-refractivity contribution in [3.8, 4) is 0 Å². The zero-order chi connectivity index (χ0) is 11.4. The molecule has 0 saturated heterocycles. The Morgan fingerprint density at radius 2 is 2.47 bits per heavy atom. The van der Waals surface area contributed by atoms with Crippen molar-refractivity contribution in [2.45, 2.75) is 26.5 Å². The highest BCUT2D eigenvalue weighted by Crippen LogP contribution is 2.14. The van der Waals surface area contributed by atoms with Crippen LogP contribution in [0.5, 0.6) is 0 Å². The number of aliphatic carboxylic acids is 1. The summed E-state index contributed by atoms with van der Waals surface area (Å²) >= 11 is 5.80. The van der Waals surface area contributed by atoms with Gasteiger partial charge in [0.05, 0.1) is 23.5 Å². The SMILES string of the molecule is CCOC(Cn1ncc(Cl)c1C)C(=O)O. The molecule has 1 heterocycles. The van der Waals surface area contributed by atoms with E-state index in [0.717, 1.165) is 5.69 Å². The Morgan fingerprint density at radius 3 is 2.87 bits per heavy atom. The van der Waals surface area contributed by atoms with Crippen LogP contribution in [0.1, 0.15) is 12.6 Å². The Morgan fingerprint density at radius 1 is 1.80 bits per heavy atom. The van der Waals surface area contributed by atoms with E-state index in [1.54, 1.807) is 13.8 Å². The summed E-state index contributed by atoms with van der Waals surface area (Å²) < 4.78 is 6.59. The number of carbonyl (C=O) groups is 1. The second kappa shape index (κ2) is 5.14. The lowest BCUT2D eigenvalue weighted by molar-refractivity contribution is -0.151. The summed E-state index contributed by atoms with van der Waals surface area (Å²) in [6.45, 7) is 4.05. The summed E-state index contributed by atoms with van der Waals surface area (Å²) in [4.78, 5) is 10.8. The van der Waals surface area contributed by atoms with Crippen LogP contribution in [0.15, 0.2) is 6.20 Å². The zero-order valence-corrected chi connectivity index (χ0v) is 9.36. The van der Waals surface area contributed by atoms with Gasteiger partial charge in [0, 0.05) is 6.61 Å². The molecule has 1 atom stereocenters. The molecule has 0 spiro atoms. The molecule has 1 unspecified atom stereocenters. The van der Waals surface area contributed by atoms with Crippen molar-refractivity contribution in [1.82, 2.24) is 9.78 Å². The van der Waals surface area contributed by atoms with Crippen LogP contribution in [0.3, 0.4) is 0 Å². The molecule has 0 aliphatic carbocycles. The maximum atomic E-state index is 10.8. The van der Waals surface area contributed by atoms with Crippen molar-refractivity contribution in [2.75, 3.05) is 6.61 Å². The number of hydrogen-bond donors (Lipinski definition) is 1. The maximum Gasteiger partial charge on any atom is 0.334 e. The summed E-state index contributed by atoms with van der Waals surface area (Å²) in [5.74, 6) is -0.997. The average molecular weight is 233 g/mol. The molecular formula is C9H13ClN2O3. The lowest BCUT2D eigenvalue weighted by Gasteiger charge is -2.13. The first-order chi connectivity index (χ1) is 7.06. The second-order valence-corrected chi connectivity index (χ2v) is 3.45. The zero-order valence-electron chi connectivity index (χ0n) is 8.61. The average Bonchev–Trinajstić information content (AvgIpc) is 2.48. The Balaban J connectivity index is 2.74. The van der Waals surface area contributed by atoms with Crippen molar-refractivity contribution in [1.29, 1.82) is 0 Å². The van der Waals surface area contributed by atoms with Crippen LogP contribution in [0.25, 0.3) is 0 Å². The molecule has 0 fully saturated rings. The lowest BCUT2D eigenvalue weighted by Crippen LogP contribution is -2.29. The van der Waals surface area contributed by atoms with Crippen LogP contribution >= 0.6 is 11.6 Å². The number of hydrogen-bond acceptors (Lipinski definition) is 3. The van der Waals surface area contributed by atoms with Crippen molar-refractivity contribution < 1.29 is 14.6 Å². The first-order valence-corrected chi connectivity index (χ1v) is 4.96. The number of carboxylic acid groups (broad SMARTS) is 1. The third-order valence-corrected chi connectivity index (χ3v) is 2.40.